The van der Waals surface area contributed by atoms with E-state index in [1.807, 2.05) is 12.5 Å². The predicted molar refractivity (Wildman–Crippen MR) is 56.9 cm³/mol. The Morgan fingerprint density at radius 3 is 2.93 bits per heavy atom. The van der Waals surface area contributed by atoms with Crippen molar-refractivity contribution in [2.45, 2.75) is 38.1 Å². The first-order chi connectivity index (χ1) is 6.68. The summed E-state index contributed by atoms with van der Waals surface area (Å²) >= 11 is 0. The fraction of sp³-hybridized carbons (Fsp3) is 0.727. The number of hydrogen-bond acceptors (Lipinski definition) is 2. The second-order valence-corrected chi connectivity index (χ2v) is 4.59. The van der Waals surface area contributed by atoms with Crippen molar-refractivity contribution in [1.29, 1.82) is 0 Å². The van der Waals surface area contributed by atoms with E-state index in [1.165, 1.54) is 18.5 Å². The molecular formula is C11H19N3. The number of nitrogens with zero attached hydrogens (tertiary/aromatic N) is 2. The molecule has 2 rings (SSSR count). The van der Waals surface area contributed by atoms with E-state index in [1.54, 1.807) is 0 Å². The first kappa shape index (κ1) is 9.71. The summed E-state index contributed by atoms with van der Waals surface area (Å²) in [6, 6.07) is 0.381. The van der Waals surface area contributed by atoms with Crippen LogP contribution in [0.1, 0.15) is 37.8 Å². The molecule has 0 radical (unpaired) electrons. The molecule has 1 aliphatic rings. The third-order valence-electron chi connectivity index (χ3n) is 3.47. The Kier molecular flexibility index (Phi) is 2.59. The lowest BCUT2D eigenvalue weighted by molar-refractivity contribution is 0.292. The molecule has 1 aromatic heterocycles. The molecule has 1 aliphatic carbocycles. The summed E-state index contributed by atoms with van der Waals surface area (Å²) in [4.78, 5) is 4.18. The van der Waals surface area contributed by atoms with Crippen LogP contribution in [-0.2, 0) is 7.05 Å². The Hall–Kier alpha value is -0.830. The molecule has 3 atom stereocenters. The zero-order valence-corrected chi connectivity index (χ0v) is 8.98. The second-order valence-electron chi connectivity index (χ2n) is 4.59. The smallest absolute Gasteiger partial charge is 0.0945 e. The summed E-state index contributed by atoms with van der Waals surface area (Å²) in [7, 11) is 2.06. The van der Waals surface area contributed by atoms with Gasteiger partial charge in [-0.3, -0.25) is 0 Å². The van der Waals surface area contributed by atoms with Crippen LogP contribution in [0.5, 0.6) is 0 Å². The van der Waals surface area contributed by atoms with Crippen molar-refractivity contribution in [2.24, 2.45) is 18.7 Å². The summed E-state index contributed by atoms with van der Waals surface area (Å²) in [5.41, 5.74) is 7.35. The highest BCUT2D eigenvalue weighted by atomic mass is 15.0. The SMILES string of the molecule is CC1CCC(N)CC1c1cncn1C. The monoisotopic (exact) mass is 193 g/mol. The Morgan fingerprint density at radius 2 is 2.29 bits per heavy atom. The topological polar surface area (TPSA) is 43.8 Å². The Labute approximate surface area is 85.3 Å². The van der Waals surface area contributed by atoms with Gasteiger partial charge in [0.05, 0.1) is 6.33 Å². The largest absolute Gasteiger partial charge is 0.337 e. The van der Waals surface area contributed by atoms with Gasteiger partial charge in [0.15, 0.2) is 0 Å². The van der Waals surface area contributed by atoms with Crippen molar-refractivity contribution in [1.82, 2.24) is 9.55 Å². The van der Waals surface area contributed by atoms with Crippen LogP contribution in [0.25, 0.3) is 0 Å². The van der Waals surface area contributed by atoms with E-state index in [0.29, 0.717) is 12.0 Å². The summed E-state index contributed by atoms with van der Waals surface area (Å²) in [6.07, 6.45) is 7.40. The molecule has 0 bridgehead atoms. The van der Waals surface area contributed by atoms with Crippen LogP contribution in [0.15, 0.2) is 12.5 Å². The highest BCUT2D eigenvalue weighted by Gasteiger charge is 2.28. The van der Waals surface area contributed by atoms with E-state index in [4.69, 9.17) is 5.73 Å². The van der Waals surface area contributed by atoms with Crippen LogP contribution in [0.3, 0.4) is 0 Å². The highest BCUT2D eigenvalue weighted by molar-refractivity contribution is 5.09. The van der Waals surface area contributed by atoms with Crippen molar-refractivity contribution < 1.29 is 0 Å². The molecule has 3 heteroatoms. The number of hydrogen-bond donors (Lipinski definition) is 1. The van der Waals surface area contributed by atoms with Crippen molar-refractivity contribution in [3.05, 3.63) is 18.2 Å². The quantitative estimate of drug-likeness (QED) is 0.737. The molecule has 3 unspecified atom stereocenters. The maximum Gasteiger partial charge on any atom is 0.0945 e. The van der Waals surface area contributed by atoms with Gasteiger partial charge in [-0.15, -0.1) is 0 Å². The van der Waals surface area contributed by atoms with E-state index in [-0.39, 0.29) is 0 Å². The van der Waals surface area contributed by atoms with Crippen LogP contribution in [0, 0.1) is 5.92 Å². The third-order valence-corrected chi connectivity index (χ3v) is 3.47. The van der Waals surface area contributed by atoms with Gasteiger partial charge in [0.2, 0.25) is 0 Å². The number of aryl methyl sites for hydroxylation is 1. The van der Waals surface area contributed by atoms with E-state index >= 15 is 0 Å². The Balaban J connectivity index is 2.20. The fourth-order valence-corrected chi connectivity index (χ4v) is 2.49. The lowest BCUT2D eigenvalue weighted by atomic mass is 9.76. The van der Waals surface area contributed by atoms with Gasteiger partial charge in [0, 0.05) is 30.9 Å². The summed E-state index contributed by atoms with van der Waals surface area (Å²) in [5.74, 6) is 1.34. The Morgan fingerprint density at radius 1 is 1.50 bits per heavy atom. The lowest BCUT2D eigenvalue weighted by Crippen LogP contribution is -2.31. The minimum atomic E-state index is 0.381. The average molecular weight is 193 g/mol. The van der Waals surface area contributed by atoms with Crippen molar-refractivity contribution in [3.8, 4) is 0 Å². The molecule has 14 heavy (non-hydrogen) atoms. The van der Waals surface area contributed by atoms with Crippen molar-refractivity contribution >= 4 is 0 Å². The van der Waals surface area contributed by atoms with Crippen LogP contribution in [0.4, 0.5) is 0 Å². The zero-order chi connectivity index (χ0) is 10.1. The molecular weight excluding hydrogens is 174 g/mol. The van der Waals surface area contributed by atoms with Gasteiger partial charge >= 0.3 is 0 Å². The van der Waals surface area contributed by atoms with E-state index in [9.17, 15) is 0 Å². The standard InChI is InChI=1S/C11H19N3/c1-8-3-4-9(12)5-10(8)11-6-13-7-14(11)2/h6-10H,3-5,12H2,1-2H3. The molecule has 0 spiro atoms. The average Bonchev–Trinajstić information content (AvgIpc) is 2.56. The number of aromatic nitrogens is 2. The van der Waals surface area contributed by atoms with Gasteiger partial charge in [-0.25, -0.2) is 4.98 Å². The van der Waals surface area contributed by atoms with Gasteiger partial charge in [0.1, 0.15) is 0 Å². The molecule has 0 amide bonds. The molecule has 1 aromatic rings. The first-order valence-electron chi connectivity index (χ1n) is 5.40. The minimum absolute atomic E-state index is 0.381. The maximum absolute atomic E-state index is 6.01. The van der Waals surface area contributed by atoms with Crippen LogP contribution < -0.4 is 5.73 Å². The zero-order valence-electron chi connectivity index (χ0n) is 8.98. The van der Waals surface area contributed by atoms with E-state index in [2.05, 4.69) is 23.5 Å². The van der Waals surface area contributed by atoms with Gasteiger partial charge < -0.3 is 10.3 Å². The van der Waals surface area contributed by atoms with Gasteiger partial charge in [-0.05, 0) is 25.2 Å². The molecule has 1 fully saturated rings. The molecule has 1 saturated carbocycles. The van der Waals surface area contributed by atoms with E-state index in [0.717, 1.165) is 12.3 Å². The van der Waals surface area contributed by atoms with Gasteiger partial charge in [-0.1, -0.05) is 6.92 Å². The molecule has 0 saturated heterocycles. The van der Waals surface area contributed by atoms with Crippen LogP contribution in [0.2, 0.25) is 0 Å². The normalized spacial score (nSPS) is 33.2. The van der Waals surface area contributed by atoms with Gasteiger partial charge in [-0.2, -0.15) is 0 Å². The Bertz CT molecular complexity index is 305. The fourth-order valence-electron chi connectivity index (χ4n) is 2.49. The van der Waals surface area contributed by atoms with Crippen LogP contribution >= 0.6 is 0 Å². The summed E-state index contributed by atoms with van der Waals surface area (Å²) in [5, 5.41) is 0. The first-order valence-corrected chi connectivity index (χ1v) is 5.40. The van der Waals surface area contributed by atoms with Gasteiger partial charge in [0.25, 0.3) is 0 Å². The third kappa shape index (κ3) is 1.69. The molecule has 1 heterocycles. The lowest BCUT2D eigenvalue weighted by Gasteiger charge is -2.32. The maximum atomic E-state index is 6.01. The van der Waals surface area contributed by atoms with E-state index < -0.39 is 0 Å². The molecule has 0 aromatic carbocycles. The number of imidazole rings is 1. The molecule has 3 nitrogen and oxygen atoms in total. The molecule has 2 N–H and O–H groups in total. The van der Waals surface area contributed by atoms with Crippen molar-refractivity contribution in [2.75, 3.05) is 0 Å². The highest BCUT2D eigenvalue weighted by Crippen LogP contribution is 2.36. The van der Waals surface area contributed by atoms with Crippen molar-refractivity contribution in [3.63, 3.8) is 0 Å². The molecule has 0 aliphatic heterocycles. The molecule has 78 valence electrons. The number of rotatable bonds is 1. The summed E-state index contributed by atoms with van der Waals surface area (Å²) < 4.78 is 2.12. The number of nitrogens with two attached hydrogens (primary N) is 1. The van der Waals surface area contributed by atoms with Crippen LogP contribution in [-0.4, -0.2) is 15.6 Å². The second kappa shape index (κ2) is 3.73. The summed E-state index contributed by atoms with van der Waals surface area (Å²) in [6.45, 7) is 2.32. The minimum Gasteiger partial charge on any atom is -0.337 e. The predicted octanol–water partition coefficient (Wildman–Crippen LogP) is 1.65.